The van der Waals surface area contributed by atoms with Crippen molar-refractivity contribution in [3.8, 4) is 0 Å². The van der Waals surface area contributed by atoms with Crippen LogP contribution >= 0.6 is 0 Å². The molecular formula is C9H7FO4. The number of hydrogen-bond donors (Lipinski definition) is 2. The number of carbonyl (C=O) groups is 2. The van der Waals surface area contributed by atoms with Gasteiger partial charge in [-0.3, -0.25) is 0 Å². The Morgan fingerprint density at radius 1 is 1.21 bits per heavy atom. The van der Waals surface area contributed by atoms with Crippen LogP contribution < -0.4 is 0 Å². The van der Waals surface area contributed by atoms with E-state index >= 15 is 0 Å². The Balaban J connectivity index is 3.27. The van der Waals surface area contributed by atoms with Crippen LogP contribution in [0.5, 0.6) is 0 Å². The molecule has 1 aromatic rings. The lowest BCUT2D eigenvalue weighted by molar-refractivity contribution is 0.0694. The third-order valence-electron chi connectivity index (χ3n) is 1.73. The number of alkyl halides is 1. The lowest BCUT2D eigenvalue weighted by Gasteiger charge is -2.02. The van der Waals surface area contributed by atoms with E-state index < -0.39 is 18.6 Å². The largest absolute Gasteiger partial charge is 0.478 e. The minimum atomic E-state index is -1.33. The Bertz CT molecular complexity index is 386. The molecule has 0 saturated carbocycles. The molecule has 0 amide bonds. The van der Waals surface area contributed by atoms with Crippen molar-refractivity contribution in [2.45, 2.75) is 6.67 Å². The number of aromatic carboxylic acids is 2. The minimum Gasteiger partial charge on any atom is -0.478 e. The average Bonchev–Trinajstić information content (AvgIpc) is 2.16. The summed E-state index contributed by atoms with van der Waals surface area (Å²) in [5, 5.41) is 17.2. The predicted octanol–water partition coefficient (Wildman–Crippen LogP) is 1.55. The first-order valence-corrected chi connectivity index (χ1v) is 3.71. The van der Waals surface area contributed by atoms with Gasteiger partial charge in [0.1, 0.15) is 6.67 Å². The number of benzene rings is 1. The molecular weight excluding hydrogens is 191 g/mol. The lowest BCUT2D eigenvalue weighted by Crippen LogP contribution is -2.05. The zero-order chi connectivity index (χ0) is 10.7. The fraction of sp³-hybridized carbons (Fsp3) is 0.111. The topological polar surface area (TPSA) is 74.6 Å². The number of carboxylic acids is 2. The maximum Gasteiger partial charge on any atom is 0.336 e. The molecule has 4 nitrogen and oxygen atoms in total. The van der Waals surface area contributed by atoms with Gasteiger partial charge in [0.2, 0.25) is 0 Å². The molecule has 0 aliphatic carbocycles. The Morgan fingerprint density at radius 2 is 1.86 bits per heavy atom. The second-order valence-corrected chi connectivity index (χ2v) is 2.62. The molecule has 0 spiro atoms. The highest BCUT2D eigenvalue weighted by Crippen LogP contribution is 2.13. The summed E-state index contributed by atoms with van der Waals surface area (Å²) in [6.07, 6.45) is 0. The first kappa shape index (κ1) is 10.2. The van der Waals surface area contributed by atoms with Crippen LogP contribution in [0.2, 0.25) is 0 Å². The molecule has 74 valence electrons. The molecule has 1 aromatic carbocycles. The number of halogens is 1. The fourth-order valence-electron chi connectivity index (χ4n) is 1.03. The normalized spacial score (nSPS) is 9.79. The maximum absolute atomic E-state index is 12.3. The van der Waals surface area contributed by atoms with Gasteiger partial charge < -0.3 is 10.2 Å². The van der Waals surface area contributed by atoms with E-state index in [0.29, 0.717) is 0 Å². The van der Waals surface area contributed by atoms with Crippen LogP contribution in [0, 0.1) is 0 Å². The van der Waals surface area contributed by atoms with Gasteiger partial charge in [-0.05, 0) is 17.7 Å². The van der Waals surface area contributed by atoms with E-state index in [1.807, 2.05) is 0 Å². The standard InChI is InChI=1S/C9H7FO4/c10-4-6-2-1-5(8(11)12)3-7(6)9(13)14/h1-3H,4H2,(H,11,12)(H,13,14). The maximum atomic E-state index is 12.3. The summed E-state index contributed by atoms with van der Waals surface area (Å²) in [4.78, 5) is 21.1. The van der Waals surface area contributed by atoms with E-state index in [4.69, 9.17) is 10.2 Å². The van der Waals surface area contributed by atoms with Crippen molar-refractivity contribution >= 4 is 11.9 Å². The lowest BCUT2D eigenvalue weighted by atomic mass is 10.0. The summed E-state index contributed by atoms with van der Waals surface area (Å²) in [5.74, 6) is -2.57. The molecule has 0 aliphatic rings. The van der Waals surface area contributed by atoms with E-state index in [0.717, 1.165) is 12.1 Å². The van der Waals surface area contributed by atoms with Gasteiger partial charge in [-0.15, -0.1) is 0 Å². The Morgan fingerprint density at radius 3 is 2.29 bits per heavy atom. The zero-order valence-electron chi connectivity index (χ0n) is 7.03. The van der Waals surface area contributed by atoms with Crippen molar-refractivity contribution < 1.29 is 24.2 Å². The summed E-state index contributed by atoms with van der Waals surface area (Å²) in [6, 6.07) is 3.27. The second-order valence-electron chi connectivity index (χ2n) is 2.62. The van der Waals surface area contributed by atoms with Crippen LogP contribution in [-0.2, 0) is 6.67 Å². The molecule has 14 heavy (non-hydrogen) atoms. The van der Waals surface area contributed by atoms with E-state index in [9.17, 15) is 14.0 Å². The molecule has 0 bridgehead atoms. The van der Waals surface area contributed by atoms with E-state index in [1.54, 1.807) is 0 Å². The molecule has 0 atom stereocenters. The summed E-state index contributed by atoms with van der Waals surface area (Å²) in [7, 11) is 0. The van der Waals surface area contributed by atoms with Gasteiger partial charge in [-0.1, -0.05) is 6.07 Å². The summed E-state index contributed by atoms with van der Waals surface area (Å²) in [6.45, 7) is -0.929. The summed E-state index contributed by atoms with van der Waals surface area (Å²) in [5.41, 5.74) is -0.505. The Hall–Kier alpha value is -1.91. The number of carboxylic acid groups (broad SMARTS) is 2. The van der Waals surface area contributed by atoms with Gasteiger partial charge in [0.15, 0.2) is 0 Å². The molecule has 0 unspecified atom stereocenters. The van der Waals surface area contributed by atoms with Crippen molar-refractivity contribution in [3.63, 3.8) is 0 Å². The van der Waals surface area contributed by atoms with Crippen LogP contribution in [0.25, 0.3) is 0 Å². The highest BCUT2D eigenvalue weighted by molar-refractivity contribution is 5.94. The molecule has 0 aliphatic heterocycles. The zero-order valence-corrected chi connectivity index (χ0v) is 7.03. The van der Waals surface area contributed by atoms with Crippen molar-refractivity contribution in [1.82, 2.24) is 0 Å². The average molecular weight is 198 g/mol. The van der Waals surface area contributed by atoms with Crippen LogP contribution in [0.3, 0.4) is 0 Å². The molecule has 0 saturated heterocycles. The monoisotopic (exact) mass is 198 g/mol. The molecule has 0 fully saturated rings. The second kappa shape index (κ2) is 3.87. The fourth-order valence-corrected chi connectivity index (χ4v) is 1.03. The van der Waals surface area contributed by atoms with E-state index in [-0.39, 0.29) is 16.7 Å². The Labute approximate surface area is 78.6 Å². The third-order valence-corrected chi connectivity index (χ3v) is 1.73. The molecule has 0 heterocycles. The Kier molecular flexibility index (Phi) is 2.81. The van der Waals surface area contributed by atoms with Gasteiger partial charge in [0.25, 0.3) is 0 Å². The smallest absolute Gasteiger partial charge is 0.336 e. The highest BCUT2D eigenvalue weighted by atomic mass is 19.1. The van der Waals surface area contributed by atoms with Gasteiger partial charge in [-0.2, -0.15) is 0 Å². The van der Waals surface area contributed by atoms with Crippen LogP contribution in [-0.4, -0.2) is 22.2 Å². The van der Waals surface area contributed by atoms with Crippen molar-refractivity contribution in [2.75, 3.05) is 0 Å². The van der Waals surface area contributed by atoms with Crippen LogP contribution in [0.4, 0.5) is 4.39 Å². The first-order chi connectivity index (χ1) is 6.56. The van der Waals surface area contributed by atoms with Gasteiger partial charge in [0.05, 0.1) is 11.1 Å². The number of rotatable bonds is 3. The third kappa shape index (κ3) is 1.87. The van der Waals surface area contributed by atoms with Crippen molar-refractivity contribution in [3.05, 3.63) is 34.9 Å². The predicted molar refractivity (Wildman–Crippen MR) is 45.2 cm³/mol. The van der Waals surface area contributed by atoms with Crippen LogP contribution in [0.1, 0.15) is 26.3 Å². The first-order valence-electron chi connectivity index (χ1n) is 3.71. The number of hydrogen-bond acceptors (Lipinski definition) is 2. The summed E-state index contributed by atoms with van der Waals surface area (Å²) >= 11 is 0. The molecule has 1 rings (SSSR count). The molecule has 2 N–H and O–H groups in total. The van der Waals surface area contributed by atoms with E-state index in [1.165, 1.54) is 6.07 Å². The van der Waals surface area contributed by atoms with Gasteiger partial charge >= 0.3 is 11.9 Å². The van der Waals surface area contributed by atoms with Gasteiger partial charge in [0, 0.05) is 0 Å². The minimum absolute atomic E-state index is 0.0255. The van der Waals surface area contributed by atoms with Gasteiger partial charge in [-0.25, -0.2) is 14.0 Å². The van der Waals surface area contributed by atoms with Crippen LogP contribution in [0.15, 0.2) is 18.2 Å². The highest BCUT2D eigenvalue weighted by Gasteiger charge is 2.13. The van der Waals surface area contributed by atoms with E-state index in [2.05, 4.69) is 0 Å². The molecule has 0 radical (unpaired) electrons. The molecule has 0 aromatic heterocycles. The molecule has 5 heteroatoms. The quantitative estimate of drug-likeness (QED) is 0.772. The van der Waals surface area contributed by atoms with Crippen molar-refractivity contribution in [1.29, 1.82) is 0 Å². The SMILES string of the molecule is O=C(O)c1ccc(CF)c(C(=O)O)c1. The summed E-state index contributed by atoms with van der Waals surface area (Å²) < 4.78 is 12.3. The van der Waals surface area contributed by atoms with Crippen molar-refractivity contribution in [2.24, 2.45) is 0 Å².